The predicted molar refractivity (Wildman–Crippen MR) is 167 cm³/mol. The molecule has 3 N–H and O–H groups in total. The van der Waals surface area contributed by atoms with Gasteiger partial charge in [0.25, 0.3) is 0 Å². The monoisotopic (exact) mass is 614 g/mol. The van der Waals surface area contributed by atoms with E-state index in [-0.39, 0.29) is 0 Å². The Morgan fingerprint density at radius 3 is 2.45 bits per heavy atom. The molecule has 0 amide bonds. The molecule has 0 radical (unpaired) electrons. The molecule has 3 heterocycles. The van der Waals surface area contributed by atoms with Crippen LogP contribution in [0.2, 0.25) is 0 Å². The molecule has 42 heavy (non-hydrogen) atoms. The highest BCUT2D eigenvalue weighted by Crippen LogP contribution is 2.36. The number of aryl methyl sites for hydroxylation is 1. The van der Waals surface area contributed by atoms with Crippen LogP contribution in [0.25, 0.3) is 0 Å². The van der Waals surface area contributed by atoms with Gasteiger partial charge in [0.15, 0.2) is 5.82 Å². The van der Waals surface area contributed by atoms with Gasteiger partial charge in [-0.3, -0.25) is 9.97 Å². The smallest absolute Gasteiger partial charge is 0.399 e. The third-order valence-corrected chi connectivity index (χ3v) is 7.50. The molecule has 1 fully saturated rings. The van der Waals surface area contributed by atoms with Gasteiger partial charge < -0.3 is 19.8 Å². The first-order valence-electron chi connectivity index (χ1n) is 13.2. The van der Waals surface area contributed by atoms with Crippen LogP contribution in [0, 0.1) is 18.6 Å². The Morgan fingerprint density at radius 1 is 1.12 bits per heavy atom. The molecule has 1 aliphatic heterocycles. The van der Waals surface area contributed by atoms with Gasteiger partial charge in [0.2, 0.25) is 0 Å². The number of nitrogens with one attached hydrogen (secondary N) is 1. The Bertz CT molecular complexity index is 1440. The molecule has 0 unspecified atom stereocenters. The summed E-state index contributed by atoms with van der Waals surface area (Å²) in [4.78, 5) is 16.6. The summed E-state index contributed by atoms with van der Waals surface area (Å²) in [6, 6.07) is 5.34. The summed E-state index contributed by atoms with van der Waals surface area (Å²) < 4.78 is 42.0. The van der Waals surface area contributed by atoms with Gasteiger partial charge in [-0.25, -0.2) is 18.8 Å². The maximum absolute atomic E-state index is 13.8. The Labute approximate surface area is 255 Å². The number of halogens is 3. The number of pyridine rings is 1. The topological polar surface area (TPSA) is 108 Å². The highest BCUT2D eigenvalue weighted by atomic mass is 35.5. The quantitative estimate of drug-likeness (QED) is 0.0956. The van der Waals surface area contributed by atoms with Crippen LogP contribution >= 0.6 is 23.5 Å². The summed E-state index contributed by atoms with van der Waals surface area (Å²) >= 11 is 6.96. The fourth-order valence-corrected chi connectivity index (χ4v) is 4.28. The van der Waals surface area contributed by atoms with Gasteiger partial charge in [0, 0.05) is 35.2 Å². The maximum Gasteiger partial charge on any atom is 0.496 e. The average molecular weight is 615 g/mol. The molecule has 2 aromatic heterocycles. The molecule has 8 nitrogen and oxygen atoms in total. The highest BCUT2D eigenvalue weighted by molar-refractivity contribution is 8.00. The highest BCUT2D eigenvalue weighted by Gasteiger charge is 2.51. The fourth-order valence-electron chi connectivity index (χ4n) is 3.36. The second-order valence-electron chi connectivity index (χ2n) is 10.2. The maximum atomic E-state index is 13.8. The van der Waals surface area contributed by atoms with Crippen molar-refractivity contribution in [2.45, 2.75) is 64.1 Å². The SMILES string of the molecule is CC/C=C\C(Cl)=C/C(N)=Nc1cnccn1.Cc1ncc(B2OC(C)(C)C(C)(C)O2)cc1NSc1ccc(F)cc1F. The summed E-state index contributed by atoms with van der Waals surface area (Å²) in [7, 11) is -0.527. The van der Waals surface area contributed by atoms with Crippen molar-refractivity contribution in [2.75, 3.05) is 4.72 Å². The number of amidine groups is 1. The molecule has 0 atom stereocenters. The number of nitrogens with two attached hydrogens (primary N) is 1. The van der Waals surface area contributed by atoms with Crippen LogP contribution in [0.3, 0.4) is 0 Å². The van der Waals surface area contributed by atoms with Gasteiger partial charge >= 0.3 is 7.12 Å². The van der Waals surface area contributed by atoms with Gasteiger partial charge in [-0.15, -0.1) is 0 Å². The van der Waals surface area contributed by atoms with E-state index in [0.29, 0.717) is 27.3 Å². The first-order chi connectivity index (χ1) is 19.8. The minimum atomic E-state index is -0.616. The molecule has 3 aromatic rings. The number of aromatic nitrogens is 3. The molecule has 1 aromatic carbocycles. The molecule has 0 saturated carbocycles. The number of hydrogen-bond acceptors (Lipinski definition) is 8. The Balaban J connectivity index is 0.000000260. The second kappa shape index (κ2) is 14.7. The van der Waals surface area contributed by atoms with E-state index >= 15 is 0 Å². The zero-order valence-corrected chi connectivity index (χ0v) is 25.9. The van der Waals surface area contributed by atoms with E-state index in [1.54, 1.807) is 30.7 Å². The lowest BCUT2D eigenvalue weighted by Crippen LogP contribution is -2.41. The number of allylic oxidation sites excluding steroid dienone is 3. The van der Waals surface area contributed by atoms with Crippen LogP contribution in [0.15, 0.2) is 82.2 Å². The lowest BCUT2D eigenvalue weighted by atomic mass is 9.80. The molecule has 4 rings (SSSR count). The van der Waals surface area contributed by atoms with E-state index in [1.807, 2.05) is 53.7 Å². The van der Waals surface area contributed by atoms with Crippen molar-refractivity contribution in [1.82, 2.24) is 15.0 Å². The van der Waals surface area contributed by atoms with Crippen molar-refractivity contribution in [3.63, 3.8) is 0 Å². The number of anilines is 1. The zero-order chi connectivity index (χ0) is 30.9. The third-order valence-electron chi connectivity index (χ3n) is 6.39. The molecule has 0 spiro atoms. The summed E-state index contributed by atoms with van der Waals surface area (Å²) in [5, 5.41) is 0.534. The molecule has 0 bridgehead atoms. The van der Waals surface area contributed by atoms with Crippen LogP contribution in [0.1, 0.15) is 46.7 Å². The van der Waals surface area contributed by atoms with Crippen LogP contribution in [0.5, 0.6) is 0 Å². The molecular weight excluding hydrogens is 581 g/mol. The van der Waals surface area contributed by atoms with Gasteiger partial charge in [-0.1, -0.05) is 24.6 Å². The number of hydrogen-bond donors (Lipinski definition) is 2. The van der Waals surface area contributed by atoms with Crippen LogP contribution in [0.4, 0.5) is 20.3 Å². The molecule has 1 aliphatic rings. The Kier molecular flexibility index (Phi) is 11.6. The van der Waals surface area contributed by atoms with E-state index in [1.165, 1.54) is 18.3 Å². The number of nitrogens with zero attached hydrogens (tertiary/aromatic N) is 4. The summed E-state index contributed by atoms with van der Waals surface area (Å²) in [5.74, 6) is -0.464. The van der Waals surface area contributed by atoms with Crippen molar-refractivity contribution in [2.24, 2.45) is 10.7 Å². The van der Waals surface area contributed by atoms with E-state index in [4.69, 9.17) is 26.6 Å². The van der Waals surface area contributed by atoms with E-state index < -0.39 is 30.0 Å². The van der Waals surface area contributed by atoms with Gasteiger partial charge in [0.05, 0.1) is 33.7 Å². The first kappa shape index (κ1) is 33.2. The average Bonchev–Trinajstić information content (AvgIpc) is 3.15. The number of benzene rings is 1. The van der Waals surface area contributed by atoms with Crippen LogP contribution in [-0.2, 0) is 9.31 Å². The molecule has 1 saturated heterocycles. The molecular formula is C29H34BClF2N6O2S. The molecule has 0 aliphatic carbocycles. The number of aliphatic imine (C=N–C) groups is 1. The van der Waals surface area contributed by atoms with Gasteiger partial charge in [-0.2, -0.15) is 0 Å². The summed E-state index contributed by atoms with van der Waals surface area (Å²) in [6.45, 7) is 11.8. The van der Waals surface area contributed by atoms with Crippen molar-refractivity contribution in [3.05, 3.63) is 89.6 Å². The van der Waals surface area contributed by atoms with Crippen LogP contribution < -0.4 is 15.9 Å². The molecule has 13 heteroatoms. The minimum absolute atomic E-state index is 0.297. The van der Waals surface area contributed by atoms with Crippen LogP contribution in [-0.4, -0.2) is 39.1 Å². The normalized spacial score (nSPS) is 16.4. The molecule has 222 valence electrons. The van der Waals surface area contributed by atoms with Crippen molar-refractivity contribution >= 4 is 53.5 Å². The lowest BCUT2D eigenvalue weighted by Gasteiger charge is -2.32. The van der Waals surface area contributed by atoms with E-state index in [0.717, 1.165) is 35.6 Å². The number of rotatable bonds is 8. The van der Waals surface area contributed by atoms with Crippen molar-refractivity contribution in [3.8, 4) is 0 Å². The lowest BCUT2D eigenvalue weighted by molar-refractivity contribution is 0.00578. The van der Waals surface area contributed by atoms with E-state index in [2.05, 4.69) is 24.7 Å². The fraction of sp³-hybridized carbons (Fsp3) is 0.310. The van der Waals surface area contributed by atoms with Gasteiger partial charge in [-0.05, 0) is 83.3 Å². The summed E-state index contributed by atoms with van der Waals surface area (Å²) in [6.07, 6.45) is 12.6. The predicted octanol–water partition coefficient (Wildman–Crippen LogP) is 6.64. The largest absolute Gasteiger partial charge is 0.496 e. The Morgan fingerprint density at radius 2 is 1.83 bits per heavy atom. The second-order valence-corrected chi connectivity index (χ2v) is 11.5. The third kappa shape index (κ3) is 9.35. The first-order valence-corrected chi connectivity index (χ1v) is 14.3. The van der Waals surface area contributed by atoms with Crippen molar-refractivity contribution < 1.29 is 18.1 Å². The minimum Gasteiger partial charge on any atom is -0.399 e. The Hall–Kier alpha value is -3.32. The zero-order valence-electron chi connectivity index (χ0n) is 24.4. The van der Waals surface area contributed by atoms with Gasteiger partial charge in [0.1, 0.15) is 17.5 Å². The summed E-state index contributed by atoms with van der Waals surface area (Å²) in [5.41, 5.74) is 7.02. The van der Waals surface area contributed by atoms with E-state index in [9.17, 15) is 8.78 Å². The standard InChI is InChI=1S/C18H21BF2N2O2S.C11H13ClN4/c1-11-15(23-26-16-7-6-13(20)9-14(16)21)8-12(10-22-11)19-24-17(2,3)18(4,5)25-19;1-2-3-4-9(12)7-10(13)16-11-8-14-5-6-15-11/h6-10,23H,1-5H3;3-8H,2H2,1H3,(H2,13,15,16)/b;4-3-,9-7+. The van der Waals surface area contributed by atoms with Crippen molar-refractivity contribution in [1.29, 1.82) is 0 Å².